The molecule has 1 heterocycles. The zero-order valence-electron chi connectivity index (χ0n) is 6.02. The molecule has 58 valence electrons. The van der Waals surface area contributed by atoms with Crippen LogP contribution in [0.3, 0.4) is 0 Å². The number of esters is 1. The first-order chi connectivity index (χ1) is 4.69. The largest absolute Gasteiger partial charge is 0.468 e. The lowest BCUT2D eigenvalue weighted by atomic mass is 10.0. The summed E-state index contributed by atoms with van der Waals surface area (Å²) in [7, 11) is 1.36. The molecule has 3 N–H and O–H groups in total. The number of ether oxygens (including phenoxy) is 1. The van der Waals surface area contributed by atoms with Crippen LogP contribution >= 0.6 is 0 Å². The van der Waals surface area contributed by atoms with Gasteiger partial charge < -0.3 is 15.8 Å². The third-order valence-corrected chi connectivity index (χ3v) is 1.78. The topological polar surface area (TPSA) is 64.3 Å². The van der Waals surface area contributed by atoms with Crippen molar-refractivity contribution >= 4 is 5.97 Å². The summed E-state index contributed by atoms with van der Waals surface area (Å²) in [6.07, 6.45) is 0.666. The normalized spacial score (nSPS) is 32.2. The molecule has 0 spiro atoms. The Bertz CT molecular complexity index is 141. The van der Waals surface area contributed by atoms with Gasteiger partial charge in [-0.25, -0.2) is 0 Å². The molecule has 1 aliphatic rings. The third kappa shape index (κ3) is 1.12. The highest BCUT2D eigenvalue weighted by Crippen LogP contribution is 2.11. The average molecular weight is 144 g/mol. The van der Waals surface area contributed by atoms with Crippen LogP contribution in [-0.4, -0.2) is 31.7 Å². The lowest BCUT2D eigenvalue weighted by Gasteiger charge is -2.18. The molecule has 0 saturated carbocycles. The van der Waals surface area contributed by atoms with E-state index in [1.807, 2.05) is 0 Å². The molecule has 0 aromatic carbocycles. The molecule has 0 bridgehead atoms. The summed E-state index contributed by atoms with van der Waals surface area (Å²) in [5.41, 5.74) is 4.91. The van der Waals surface area contributed by atoms with Crippen LogP contribution in [0.5, 0.6) is 0 Å². The van der Waals surface area contributed by atoms with Crippen LogP contribution in [0.1, 0.15) is 6.42 Å². The fourth-order valence-electron chi connectivity index (χ4n) is 1.09. The van der Waals surface area contributed by atoms with E-state index in [2.05, 4.69) is 10.1 Å². The predicted octanol–water partition coefficient (Wildman–Crippen LogP) is -1.15. The van der Waals surface area contributed by atoms with Gasteiger partial charge in [0, 0.05) is 6.54 Å². The second kappa shape index (κ2) is 2.56. The smallest absolute Gasteiger partial charge is 0.327 e. The Hall–Kier alpha value is -0.610. The van der Waals surface area contributed by atoms with E-state index >= 15 is 0 Å². The number of hydrogen-bond acceptors (Lipinski definition) is 4. The minimum Gasteiger partial charge on any atom is -0.468 e. The summed E-state index contributed by atoms with van der Waals surface area (Å²) < 4.78 is 4.53. The SMILES string of the molecule is COC(=O)[C@@]1(N)CCNC1. The molecule has 1 atom stereocenters. The number of carbonyl (C=O) groups excluding carboxylic acids is 1. The van der Waals surface area contributed by atoms with Crippen molar-refractivity contribution in [1.29, 1.82) is 0 Å². The number of nitrogens with two attached hydrogens (primary N) is 1. The Morgan fingerprint density at radius 3 is 2.90 bits per heavy atom. The van der Waals surface area contributed by atoms with Gasteiger partial charge in [0.1, 0.15) is 5.54 Å². The third-order valence-electron chi connectivity index (χ3n) is 1.78. The second-order valence-electron chi connectivity index (χ2n) is 2.57. The Labute approximate surface area is 59.7 Å². The quantitative estimate of drug-likeness (QED) is 0.456. The maximum Gasteiger partial charge on any atom is 0.327 e. The first-order valence-electron chi connectivity index (χ1n) is 3.27. The van der Waals surface area contributed by atoms with Gasteiger partial charge in [-0.3, -0.25) is 4.79 Å². The number of carbonyl (C=O) groups is 1. The minimum atomic E-state index is -0.769. The Morgan fingerprint density at radius 1 is 1.80 bits per heavy atom. The van der Waals surface area contributed by atoms with Crippen LogP contribution in [0.25, 0.3) is 0 Å². The molecule has 1 fully saturated rings. The minimum absolute atomic E-state index is 0.322. The van der Waals surface area contributed by atoms with Gasteiger partial charge in [0.15, 0.2) is 0 Å². The van der Waals surface area contributed by atoms with Crippen molar-refractivity contribution in [2.24, 2.45) is 5.73 Å². The fourth-order valence-corrected chi connectivity index (χ4v) is 1.09. The monoisotopic (exact) mass is 144 g/mol. The van der Waals surface area contributed by atoms with E-state index in [9.17, 15) is 4.79 Å². The van der Waals surface area contributed by atoms with Crippen LogP contribution in [-0.2, 0) is 9.53 Å². The maximum absolute atomic E-state index is 10.9. The van der Waals surface area contributed by atoms with Crippen molar-refractivity contribution in [3.63, 3.8) is 0 Å². The average Bonchev–Trinajstić information content (AvgIpc) is 2.36. The molecule has 0 amide bonds. The van der Waals surface area contributed by atoms with Crippen molar-refractivity contribution in [1.82, 2.24) is 5.32 Å². The van der Waals surface area contributed by atoms with Crippen molar-refractivity contribution in [3.8, 4) is 0 Å². The van der Waals surface area contributed by atoms with Crippen molar-refractivity contribution in [3.05, 3.63) is 0 Å². The Balaban J connectivity index is 2.58. The molecule has 1 aliphatic heterocycles. The molecule has 10 heavy (non-hydrogen) atoms. The highest BCUT2D eigenvalue weighted by Gasteiger charge is 2.37. The zero-order chi connectivity index (χ0) is 7.61. The van der Waals surface area contributed by atoms with E-state index in [1.165, 1.54) is 7.11 Å². The molecular weight excluding hydrogens is 132 g/mol. The van der Waals surface area contributed by atoms with E-state index in [1.54, 1.807) is 0 Å². The van der Waals surface area contributed by atoms with E-state index < -0.39 is 5.54 Å². The first kappa shape index (κ1) is 7.50. The highest BCUT2D eigenvalue weighted by atomic mass is 16.5. The van der Waals surface area contributed by atoms with E-state index in [0.29, 0.717) is 13.0 Å². The number of nitrogens with one attached hydrogen (secondary N) is 1. The lowest BCUT2D eigenvalue weighted by molar-refractivity contribution is -0.146. The van der Waals surface area contributed by atoms with E-state index in [0.717, 1.165) is 6.54 Å². The first-order valence-corrected chi connectivity index (χ1v) is 3.27. The summed E-state index contributed by atoms with van der Waals surface area (Å²) in [4.78, 5) is 10.9. The van der Waals surface area contributed by atoms with Gasteiger partial charge in [-0.05, 0) is 13.0 Å². The van der Waals surface area contributed by atoms with Crippen molar-refractivity contribution in [2.75, 3.05) is 20.2 Å². The molecule has 0 radical (unpaired) electrons. The molecule has 0 aromatic heterocycles. The summed E-state index contributed by atoms with van der Waals surface area (Å²) in [5.74, 6) is -0.322. The molecule has 0 aromatic rings. The molecule has 1 rings (SSSR count). The van der Waals surface area contributed by atoms with Crippen LogP contribution in [0, 0.1) is 0 Å². The summed E-state index contributed by atoms with van der Waals surface area (Å²) in [6.45, 7) is 1.32. The second-order valence-corrected chi connectivity index (χ2v) is 2.57. The van der Waals surface area contributed by atoms with Crippen LogP contribution in [0.15, 0.2) is 0 Å². The summed E-state index contributed by atoms with van der Waals surface area (Å²) >= 11 is 0. The van der Waals surface area contributed by atoms with Gasteiger partial charge >= 0.3 is 5.97 Å². The number of hydrogen-bond donors (Lipinski definition) is 2. The van der Waals surface area contributed by atoms with Gasteiger partial charge in [-0.1, -0.05) is 0 Å². The highest BCUT2D eigenvalue weighted by molar-refractivity contribution is 5.81. The molecular formula is C6H12N2O2. The molecule has 0 unspecified atom stereocenters. The zero-order valence-corrected chi connectivity index (χ0v) is 6.02. The van der Waals surface area contributed by atoms with Gasteiger partial charge in [0.05, 0.1) is 7.11 Å². The van der Waals surface area contributed by atoms with Crippen molar-refractivity contribution in [2.45, 2.75) is 12.0 Å². The summed E-state index contributed by atoms with van der Waals surface area (Å²) in [6, 6.07) is 0. The van der Waals surface area contributed by atoms with E-state index in [4.69, 9.17) is 5.73 Å². The standard InChI is InChI=1S/C6H12N2O2/c1-10-5(9)6(7)2-3-8-4-6/h8H,2-4,7H2,1H3/t6-/m1/s1. The Kier molecular flexibility index (Phi) is 1.92. The number of rotatable bonds is 1. The predicted molar refractivity (Wildman–Crippen MR) is 36.4 cm³/mol. The van der Waals surface area contributed by atoms with Gasteiger partial charge in [-0.15, -0.1) is 0 Å². The molecule has 1 saturated heterocycles. The summed E-state index contributed by atoms with van der Waals surface area (Å²) in [5, 5.41) is 3.00. The van der Waals surface area contributed by atoms with Gasteiger partial charge in [-0.2, -0.15) is 0 Å². The van der Waals surface area contributed by atoms with Crippen LogP contribution in [0.2, 0.25) is 0 Å². The van der Waals surface area contributed by atoms with Crippen LogP contribution in [0.4, 0.5) is 0 Å². The molecule has 4 heteroatoms. The van der Waals surface area contributed by atoms with E-state index in [-0.39, 0.29) is 5.97 Å². The van der Waals surface area contributed by atoms with Crippen molar-refractivity contribution < 1.29 is 9.53 Å². The molecule has 4 nitrogen and oxygen atoms in total. The fraction of sp³-hybridized carbons (Fsp3) is 0.833. The van der Waals surface area contributed by atoms with Gasteiger partial charge in [0.25, 0.3) is 0 Å². The number of methoxy groups -OCH3 is 1. The lowest BCUT2D eigenvalue weighted by Crippen LogP contribution is -2.50. The maximum atomic E-state index is 10.9. The van der Waals surface area contributed by atoms with Gasteiger partial charge in [0.2, 0.25) is 0 Å². The van der Waals surface area contributed by atoms with Crippen LogP contribution < -0.4 is 11.1 Å². The Morgan fingerprint density at radius 2 is 2.50 bits per heavy atom. The molecule has 0 aliphatic carbocycles.